The van der Waals surface area contributed by atoms with Gasteiger partial charge in [-0.15, -0.1) is 8.78 Å². The molecule has 3 aromatic rings. The summed E-state index contributed by atoms with van der Waals surface area (Å²) in [6.07, 6.45) is 1.28. The zero-order valence-corrected chi connectivity index (χ0v) is 20.2. The lowest BCUT2D eigenvalue weighted by molar-refractivity contribution is -0.384. The summed E-state index contributed by atoms with van der Waals surface area (Å²) in [5.41, 5.74) is -3.15. The molecule has 2 aromatic carbocycles. The number of anilines is 4. The minimum atomic E-state index is -3.87. The van der Waals surface area contributed by atoms with Gasteiger partial charge in [0, 0.05) is 48.7 Å². The van der Waals surface area contributed by atoms with E-state index in [0.717, 1.165) is 6.07 Å². The number of carbonyl (C=O) groups excluding carboxylic acids is 1. The number of amides is 1. The average Bonchev–Trinajstić information content (AvgIpc) is 3.30. The number of nitro benzene ring substituents is 1. The molecular weight excluding hydrogens is 526 g/mol. The fourth-order valence-electron chi connectivity index (χ4n) is 3.80. The standard InChI is InChI=1S/C24H19ClF2N6O5/c25-24(26,27)38-19-4-1-16(2-5-19)30-23(35)15-10-21(22(29-12-15)32-8-7-18(34)13-32)31-20-6-3-17(33(36)37)9-14(20)11-28/h1-6,9-10,12,18,31,34H,7-8,13H2,(H,30,35)/t18-/m1/s1. The molecule has 1 fully saturated rings. The summed E-state index contributed by atoms with van der Waals surface area (Å²) in [6, 6.07) is 12.2. The van der Waals surface area contributed by atoms with Crippen molar-refractivity contribution in [2.45, 2.75) is 18.1 Å². The van der Waals surface area contributed by atoms with E-state index >= 15 is 0 Å². The lowest BCUT2D eigenvalue weighted by Crippen LogP contribution is -2.24. The van der Waals surface area contributed by atoms with Crippen LogP contribution in [0.15, 0.2) is 54.7 Å². The van der Waals surface area contributed by atoms with E-state index in [0.29, 0.717) is 31.0 Å². The van der Waals surface area contributed by atoms with Crippen LogP contribution in [0.1, 0.15) is 22.3 Å². The number of halogens is 3. The Labute approximate surface area is 219 Å². The van der Waals surface area contributed by atoms with Crippen molar-refractivity contribution in [3.63, 3.8) is 0 Å². The van der Waals surface area contributed by atoms with Gasteiger partial charge in [0.15, 0.2) is 5.82 Å². The molecule has 0 unspecified atom stereocenters. The molecule has 1 aromatic heterocycles. The SMILES string of the molecule is N#Cc1cc([N+](=O)[O-])ccc1Nc1cc(C(=O)Nc2ccc(OC(F)(F)Cl)cc2)cnc1N1CC[C@@H](O)C1. The Balaban J connectivity index is 1.61. The van der Waals surface area contributed by atoms with Crippen molar-refractivity contribution in [3.8, 4) is 11.8 Å². The fraction of sp³-hybridized carbons (Fsp3) is 0.208. The van der Waals surface area contributed by atoms with E-state index in [1.54, 1.807) is 4.90 Å². The van der Waals surface area contributed by atoms with Gasteiger partial charge >= 0.3 is 5.57 Å². The third kappa shape index (κ3) is 6.41. The van der Waals surface area contributed by atoms with Crippen molar-refractivity contribution in [1.82, 2.24) is 4.98 Å². The zero-order chi connectivity index (χ0) is 27.4. The Morgan fingerprint density at radius 3 is 2.61 bits per heavy atom. The highest BCUT2D eigenvalue weighted by Gasteiger charge is 2.28. The molecule has 1 aliphatic rings. The second kappa shape index (κ2) is 10.8. The van der Waals surface area contributed by atoms with Gasteiger partial charge in [0.25, 0.3) is 11.6 Å². The molecule has 0 saturated carbocycles. The van der Waals surface area contributed by atoms with Gasteiger partial charge < -0.3 is 25.4 Å². The number of non-ortho nitro benzene ring substituents is 1. The van der Waals surface area contributed by atoms with E-state index in [4.69, 9.17) is 11.6 Å². The van der Waals surface area contributed by atoms with Gasteiger partial charge in [0.2, 0.25) is 0 Å². The van der Waals surface area contributed by atoms with Crippen LogP contribution >= 0.6 is 11.6 Å². The number of hydrogen-bond acceptors (Lipinski definition) is 9. The number of ether oxygens (including phenoxy) is 1. The number of nitro groups is 1. The minimum absolute atomic E-state index is 0.00583. The van der Waals surface area contributed by atoms with E-state index in [9.17, 15) is 34.1 Å². The highest BCUT2D eigenvalue weighted by atomic mass is 35.5. The van der Waals surface area contributed by atoms with Gasteiger partial charge in [-0.05, 0) is 42.8 Å². The predicted molar refractivity (Wildman–Crippen MR) is 134 cm³/mol. The van der Waals surface area contributed by atoms with Crippen LogP contribution in [0.3, 0.4) is 0 Å². The third-order valence-electron chi connectivity index (χ3n) is 5.54. The molecular formula is C24H19ClF2N6O5. The molecule has 1 saturated heterocycles. The van der Waals surface area contributed by atoms with E-state index in [2.05, 4.69) is 20.4 Å². The van der Waals surface area contributed by atoms with Crippen LogP contribution in [0.4, 0.5) is 37.3 Å². The molecule has 3 N–H and O–H groups in total. The summed E-state index contributed by atoms with van der Waals surface area (Å²) < 4.78 is 29.8. The lowest BCUT2D eigenvalue weighted by atomic mass is 10.1. The van der Waals surface area contributed by atoms with E-state index in [1.165, 1.54) is 48.7 Å². The lowest BCUT2D eigenvalue weighted by Gasteiger charge is -2.22. The van der Waals surface area contributed by atoms with Gasteiger partial charge in [0.05, 0.1) is 33.5 Å². The van der Waals surface area contributed by atoms with Crippen molar-refractivity contribution in [2.24, 2.45) is 0 Å². The minimum Gasteiger partial charge on any atom is -0.420 e. The maximum absolute atomic E-state index is 12.9. The average molecular weight is 545 g/mol. The Kier molecular flexibility index (Phi) is 7.56. The number of benzene rings is 2. The monoisotopic (exact) mass is 544 g/mol. The molecule has 2 heterocycles. The summed E-state index contributed by atoms with van der Waals surface area (Å²) in [5.74, 6) is -0.373. The molecule has 0 spiro atoms. The highest BCUT2D eigenvalue weighted by Crippen LogP contribution is 2.33. The third-order valence-corrected chi connectivity index (χ3v) is 5.62. The van der Waals surface area contributed by atoms with Crippen molar-refractivity contribution in [2.75, 3.05) is 28.6 Å². The largest absolute Gasteiger partial charge is 0.487 e. The molecule has 14 heteroatoms. The number of nitrogens with zero attached hydrogens (tertiary/aromatic N) is 4. The number of carbonyl (C=O) groups is 1. The molecule has 0 radical (unpaired) electrons. The summed E-state index contributed by atoms with van der Waals surface area (Å²) in [4.78, 5) is 29.6. The second-order valence-corrected chi connectivity index (χ2v) is 8.67. The Hall–Kier alpha value is -4.54. The van der Waals surface area contributed by atoms with Gasteiger partial charge in [-0.2, -0.15) is 5.26 Å². The van der Waals surface area contributed by atoms with Crippen LogP contribution in [-0.4, -0.2) is 45.7 Å². The first-order valence-corrected chi connectivity index (χ1v) is 11.5. The fourth-order valence-corrected chi connectivity index (χ4v) is 3.88. The van der Waals surface area contributed by atoms with Gasteiger partial charge in [-0.3, -0.25) is 14.9 Å². The van der Waals surface area contributed by atoms with E-state index in [1.807, 2.05) is 6.07 Å². The van der Waals surface area contributed by atoms with E-state index < -0.39 is 22.5 Å². The van der Waals surface area contributed by atoms with Crippen LogP contribution in [0.5, 0.6) is 5.75 Å². The molecule has 196 valence electrons. The number of alkyl halides is 3. The normalized spacial score (nSPS) is 15.0. The van der Waals surface area contributed by atoms with Gasteiger partial charge in [-0.25, -0.2) is 4.98 Å². The maximum Gasteiger partial charge on any atom is 0.487 e. The van der Waals surface area contributed by atoms with Crippen LogP contribution in [0.25, 0.3) is 0 Å². The first-order valence-electron chi connectivity index (χ1n) is 11.1. The predicted octanol–water partition coefficient (Wildman–Crippen LogP) is 4.60. The zero-order valence-electron chi connectivity index (χ0n) is 19.4. The molecule has 1 atom stereocenters. The Bertz CT molecular complexity index is 1410. The van der Waals surface area contributed by atoms with E-state index in [-0.39, 0.29) is 33.9 Å². The number of pyridine rings is 1. The van der Waals surface area contributed by atoms with Crippen molar-refractivity contribution in [1.29, 1.82) is 5.26 Å². The topological polar surface area (TPSA) is 154 Å². The number of aromatic nitrogens is 1. The molecule has 11 nitrogen and oxygen atoms in total. The smallest absolute Gasteiger partial charge is 0.420 e. The maximum atomic E-state index is 12.9. The Morgan fingerprint density at radius 2 is 2.00 bits per heavy atom. The summed E-state index contributed by atoms with van der Waals surface area (Å²) >= 11 is 4.75. The first-order chi connectivity index (χ1) is 18.0. The summed E-state index contributed by atoms with van der Waals surface area (Å²) in [5, 5.41) is 36.2. The number of aliphatic hydroxyl groups excluding tert-OH is 1. The summed E-state index contributed by atoms with van der Waals surface area (Å²) in [6.45, 7) is 0.796. The van der Waals surface area contributed by atoms with Gasteiger partial charge in [-0.1, -0.05) is 0 Å². The molecule has 1 aliphatic heterocycles. The highest BCUT2D eigenvalue weighted by molar-refractivity contribution is 6.20. The number of aliphatic hydroxyl groups is 1. The first kappa shape index (κ1) is 26.5. The quantitative estimate of drug-likeness (QED) is 0.210. The summed E-state index contributed by atoms with van der Waals surface area (Å²) in [7, 11) is 0. The molecule has 0 aliphatic carbocycles. The molecule has 1 amide bonds. The molecule has 38 heavy (non-hydrogen) atoms. The van der Waals surface area contributed by atoms with Crippen molar-refractivity contribution >= 4 is 46.1 Å². The van der Waals surface area contributed by atoms with Crippen LogP contribution < -0.4 is 20.3 Å². The van der Waals surface area contributed by atoms with Gasteiger partial charge in [0.1, 0.15) is 11.8 Å². The Morgan fingerprint density at radius 1 is 1.26 bits per heavy atom. The van der Waals surface area contributed by atoms with Crippen molar-refractivity contribution in [3.05, 3.63) is 76.0 Å². The molecule has 4 rings (SSSR count). The van der Waals surface area contributed by atoms with Crippen LogP contribution in [-0.2, 0) is 0 Å². The second-order valence-electron chi connectivity index (χ2n) is 8.23. The number of rotatable bonds is 8. The number of nitriles is 1. The van der Waals surface area contributed by atoms with Crippen LogP contribution in [0.2, 0.25) is 0 Å². The molecule has 0 bridgehead atoms. The van der Waals surface area contributed by atoms with Crippen LogP contribution in [0, 0.1) is 21.4 Å². The number of β-amino-alcohol motifs (C(OH)–C–C–N with tert-alkyl or cyclic N) is 1. The van der Waals surface area contributed by atoms with Crippen molar-refractivity contribution < 1.29 is 28.3 Å². The number of nitrogens with one attached hydrogen (secondary N) is 2. The number of hydrogen-bond donors (Lipinski definition) is 3.